The molecule has 0 spiro atoms. The molecule has 3 heterocycles. The van der Waals surface area contributed by atoms with Gasteiger partial charge in [0.15, 0.2) is 0 Å². The third-order valence-electron chi connectivity index (χ3n) is 4.73. The van der Waals surface area contributed by atoms with Gasteiger partial charge in [-0.05, 0) is 24.3 Å². The fraction of sp³-hybridized carbons (Fsp3) is 0.261. The predicted octanol–water partition coefficient (Wildman–Crippen LogP) is 2.40. The molecule has 0 aliphatic rings. The molecule has 1 aromatic carbocycles. The summed E-state index contributed by atoms with van der Waals surface area (Å²) >= 11 is 0. The Morgan fingerprint density at radius 2 is 1.76 bits per heavy atom. The smallest absolute Gasteiger partial charge is 0.290 e. The first-order valence-corrected chi connectivity index (χ1v) is 10.4. The normalized spacial score (nSPS) is 9.97. The number of para-hydroxylation sites is 2. The van der Waals surface area contributed by atoms with Gasteiger partial charge in [-0.2, -0.15) is 0 Å². The SMILES string of the molecule is CCc1nc2ccccc2n1CCC(=O)NCCc1cn2ccccc2n1.O=CO.O=CO. The summed E-state index contributed by atoms with van der Waals surface area (Å²) in [7, 11) is 0. The first-order chi connectivity index (χ1) is 16.1. The Morgan fingerprint density at radius 3 is 2.45 bits per heavy atom. The van der Waals surface area contributed by atoms with Gasteiger partial charge in [0.1, 0.15) is 11.5 Å². The standard InChI is InChI=1S/C21H23N5O.2CH2O2/c1-2-19-24-17-7-3-4-8-18(17)26(19)14-11-21(27)22-12-10-16-15-25-13-6-5-9-20(25)23-16;2*2-1-3/h3-9,13,15H,2,10-12,14H2,1H3,(H,22,27);2*1H,(H,2,3). The van der Waals surface area contributed by atoms with Gasteiger partial charge >= 0.3 is 0 Å². The molecule has 3 aromatic heterocycles. The van der Waals surface area contributed by atoms with Crippen LogP contribution in [0.5, 0.6) is 0 Å². The number of nitrogens with one attached hydrogen (secondary N) is 1. The maximum absolute atomic E-state index is 12.3. The van der Waals surface area contributed by atoms with E-state index in [4.69, 9.17) is 19.8 Å². The van der Waals surface area contributed by atoms with Crippen molar-refractivity contribution in [1.29, 1.82) is 0 Å². The minimum Gasteiger partial charge on any atom is -0.483 e. The Labute approximate surface area is 190 Å². The van der Waals surface area contributed by atoms with Crippen LogP contribution in [-0.2, 0) is 33.8 Å². The third kappa shape index (κ3) is 7.17. The van der Waals surface area contributed by atoms with Gasteiger partial charge < -0.3 is 24.5 Å². The van der Waals surface area contributed by atoms with Gasteiger partial charge in [-0.1, -0.05) is 25.1 Å². The van der Waals surface area contributed by atoms with Crippen LogP contribution in [0, 0.1) is 0 Å². The summed E-state index contributed by atoms with van der Waals surface area (Å²) in [6, 6.07) is 14.0. The lowest BCUT2D eigenvalue weighted by atomic mass is 10.3. The van der Waals surface area contributed by atoms with Crippen LogP contribution in [-0.4, -0.2) is 54.5 Å². The number of imidazole rings is 2. The Bertz CT molecular complexity index is 1150. The number of amides is 1. The summed E-state index contributed by atoms with van der Waals surface area (Å²) in [5.74, 6) is 1.08. The van der Waals surface area contributed by atoms with E-state index in [9.17, 15) is 4.79 Å². The lowest BCUT2D eigenvalue weighted by Gasteiger charge is -2.08. The lowest BCUT2D eigenvalue weighted by Crippen LogP contribution is -2.26. The highest BCUT2D eigenvalue weighted by molar-refractivity contribution is 5.78. The fourth-order valence-electron chi connectivity index (χ4n) is 3.38. The number of benzene rings is 1. The fourth-order valence-corrected chi connectivity index (χ4v) is 3.38. The first-order valence-electron chi connectivity index (χ1n) is 10.4. The summed E-state index contributed by atoms with van der Waals surface area (Å²) in [4.78, 5) is 38.2. The number of carbonyl (C=O) groups is 3. The highest BCUT2D eigenvalue weighted by atomic mass is 16.3. The average molecular weight is 453 g/mol. The second-order valence-corrected chi connectivity index (χ2v) is 6.78. The molecule has 0 unspecified atom stereocenters. The van der Waals surface area contributed by atoms with E-state index in [0.717, 1.165) is 41.0 Å². The van der Waals surface area contributed by atoms with Crippen LogP contribution in [0.1, 0.15) is 24.9 Å². The van der Waals surface area contributed by atoms with E-state index in [-0.39, 0.29) is 18.9 Å². The van der Waals surface area contributed by atoms with Crippen LogP contribution >= 0.6 is 0 Å². The number of carbonyl (C=O) groups excluding carboxylic acids is 1. The van der Waals surface area contributed by atoms with E-state index < -0.39 is 0 Å². The number of hydrogen-bond donors (Lipinski definition) is 3. The number of rotatable bonds is 7. The van der Waals surface area contributed by atoms with Crippen molar-refractivity contribution in [3.63, 3.8) is 0 Å². The van der Waals surface area contributed by atoms with E-state index in [1.165, 1.54) is 0 Å². The number of pyridine rings is 1. The molecule has 4 aromatic rings. The van der Waals surface area contributed by atoms with Crippen LogP contribution in [0.2, 0.25) is 0 Å². The van der Waals surface area contributed by atoms with Crippen molar-refractivity contribution in [2.45, 2.75) is 32.7 Å². The Morgan fingerprint density at radius 1 is 1.06 bits per heavy atom. The molecule has 0 bridgehead atoms. The number of nitrogens with zero attached hydrogens (tertiary/aromatic N) is 4. The van der Waals surface area contributed by atoms with Gasteiger partial charge in [-0.15, -0.1) is 0 Å². The summed E-state index contributed by atoms with van der Waals surface area (Å²) in [5, 5.41) is 16.8. The highest BCUT2D eigenvalue weighted by Gasteiger charge is 2.10. The van der Waals surface area contributed by atoms with Crippen molar-refractivity contribution in [2.75, 3.05) is 6.54 Å². The Balaban J connectivity index is 0.000000582. The van der Waals surface area contributed by atoms with E-state index in [1.54, 1.807) is 0 Å². The largest absolute Gasteiger partial charge is 0.483 e. The maximum atomic E-state index is 12.3. The molecule has 0 radical (unpaired) electrons. The van der Waals surface area contributed by atoms with Crippen LogP contribution in [0.15, 0.2) is 54.9 Å². The zero-order valence-electron chi connectivity index (χ0n) is 18.3. The summed E-state index contributed by atoms with van der Waals surface area (Å²) in [6.07, 6.45) is 6.00. The Kier molecular flexibility index (Phi) is 10.1. The van der Waals surface area contributed by atoms with Gasteiger partial charge in [0.05, 0.1) is 16.7 Å². The molecule has 174 valence electrons. The zero-order valence-corrected chi connectivity index (χ0v) is 18.3. The van der Waals surface area contributed by atoms with Crippen LogP contribution in [0.25, 0.3) is 16.7 Å². The van der Waals surface area contributed by atoms with Crippen molar-refractivity contribution in [3.05, 3.63) is 66.4 Å². The van der Waals surface area contributed by atoms with Crippen molar-refractivity contribution in [2.24, 2.45) is 0 Å². The number of carboxylic acid groups (broad SMARTS) is 2. The molecule has 0 fully saturated rings. The van der Waals surface area contributed by atoms with Crippen molar-refractivity contribution in [3.8, 4) is 0 Å². The highest BCUT2D eigenvalue weighted by Crippen LogP contribution is 2.16. The van der Waals surface area contributed by atoms with Crippen molar-refractivity contribution in [1.82, 2.24) is 24.3 Å². The second kappa shape index (κ2) is 13.3. The molecule has 1 amide bonds. The van der Waals surface area contributed by atoms with E-state index in [2.05, 4.69) is 32.8 Å². The lowest BCUT2D eigenvalue weighted by molar-refractivity contribution is -0.123. The molecule has 0 atom stereocenters. The van der Waals surface area contributed by atoms with Crippen molar-refractivity contribution >= 4 is 35.5 Å². The van der Waals surface area contributed by atoms with Gasteiger partial charge in [0.25, 0.3) is 12.9 Å². The summed E-state index contributed by atoms with van der Waals surface area (Å²) < 4.78 is 4.14. The molecule has 33 heavy (non-hydrogen) atoms. The van der Waals surface area contributed by atoms with Crippen molar-refractivity contribution < 1.29 is 24.6 Å². The average Bonchev–Trinajstić information content (AvgIpc) is 3.39. The predicted molar refractivity (Wildman–Crippen MR) is 123 cm³/mol. The molecular weight excluding hydrogens is 426 g/mol. The number of hydrogen-bond acceptors (Lipinski definition) is 5. The van der Waals surface area contributed by atoms with Crippen LogP contribution in [0.4, 0.5) is 0 Å². The molecule has 3 N–H and O–H groups in total. The quantitative estimate of drug-likeness (QED) is 0.365. The second-order valence-electron chi connectivity index (χ2n) is 6.78. The van der Waals surface area contributed by atoms with Crippen LogP contribution in [0.3, 0.4) is 0 Å². The maximum Gasteiger partial charge on any atom is 0.290 e. The minimum absolute atomic E-state index is 0.0543. The number of aryl methyl sites for hydroxylation is 2. The number of fused-ring (bicyclic) bond motifs is 2. The zero-order chi connectivity index (χ0) is 24.1. The topological polar surface area (TPSA) is 139 Å². The molecule has 0 aliphatic carbocycles. The van der Waals surface area contributed by atoms with Gasteiger partial charge in [-0.25, -0.2) is 9.97 Å². The molecule has 0 saturated carbocycles. The monoisotopic (exact) mass is 453 g/mol. The summed E-state index contributed by atoms with van der Waals surface area (Å²) in [6.45, 7) is 2.82. The van der Waals surface area contributed by atoms with E-state index >= 15 is 0 Å². The van der Waals surface area contributed by atoms with Crippen LogP contribution < -0.4 is 5.32 Å². The Hall–Kier alpha value is -4.21. The molecule has 0 saturated heterocycles. The molecule has 4 rings (SSSR count). The van der Waals surface area contributed by atoms with E-state index in [0.29, 0.717) is 19.5 Å². The molecular formula is C23H27N5O5. The third-order valence-corrected chi connectivity index (χ3v) is 4.73. The summed E-state index contributed by atoms with van der Waals surface area (Å²) in [5.41, 5.74) is 3.99. The minimum atomic E-state index is -0.250. The van der Waals surface area contributed by atoms with Gasteiger partial charge in [-0.3, -0.25) is 14.4 Å². The van der Waals surface area contributed by atoms with Gasteiger partial charge in [0.2, 0.25) is 5.91 Å². The molecule has 0 aliphatic heterocycles. The first kappa shape index (κ1) is 25.1. The van der Waals surface area contributed by atoms with Gasteiger partial charge in [0, 0.05) is 44.7 Å². The van der Waals surface area contributed by atoms with E-state index in [1.807, 2.05) is 53.2 Å². The molecule has 10 heteroatoms. The number of aromatic nitrogens is 4. The molecule has 10 nitrogen and oxygen atoms in total.